The third-order valence-electron chi connectivity index (χ3n) is 4.37. The van der Waals surface area contributed by atoms with Crippen molar-refractivity contribution in [2.45, 2.75) is 43.2 Å². The van der Waals surface area contributed by atoms with Gasteiger partial charge in [0.2, 0.25) is 0 Å². The van der Waals surface area contributed by atoms with Crippen molar-refractivity contribution in [3.05, 3.63) is 46.7 Å². The first-order valence-electron chi connectivity index (χ1n) is 8.11. The minimum absolute atomic E-state index is 0.178. The number of aromatic nitrogens is 3. The van der Waals surface area contributed by atoms with Crippen molar-refractivity contribution in [3.8, 4) is 5.75 Å². The fourth-order valence-corrected chi connectivity index (χ4v) is 4.26. The van der Waals surface area contributed by atoms with Gasteiger partial charge in [0.05, 0.1) is 16.7 Å². The summed E-state index contributed by atoms with van der Waals surface area (Å²) in [6, 6.07) is 7.26. The van der Waals surface area contributed by atoms with Gasteiger partial charge in [-0.3, -0.25) is 9.97 Å². The molecule has 1 aliphatic rings. The molecule has 0 bridgehead atoms. The Balaban J connectivity index is 1.61. The zero-order chi connectivity index (χ0) is 17.6. The van der Waals surface area contributed by atoms with E-state index in [1.165, 1.54) is 0 Å². The minimum Gasteiger partial charge on any atom is -0.609 e. The highest BCUT2D eigenvalue weighted by atomic mass is 35.5. The Bertz CT molecular complexity index is 941. The van der Waals surface area contributed by atoms with Crippen molar-refractivity contribution >= 4 is 33.8 Å². The monoisotopic (exact) mass is 375 g/mol. The molecule has 3 heterocycles. The summed E-state index contributed by atoms with van der Waals surface area (Å²) in [5.41, 5.74) is 3.21. The van der Waals surface area contributed by atoms with Gasteiger partial charge in [-0.2, -0.15) is 4.98 Å². The zero-order valence-electron chi connectivity index (χ0n) is 14.0. The number of rotatable bonds is 3. The molecule has 1 atom stereocenters. The van der Waals surface area contributed by atoms with Gasteiger partial charge in [0.25, 0.3) is 0 Å². The van der Waals surface area contributed by atoms with Gasteiger partial charge in [-0.05, 0) is 51.0 Å². The van der Waals surface area contributed by atoms with Crippen LogP contribution in [-0.2, 0) is 23.3 Å². The molecule has 0 radical (unpaired) electrons. The summed E-state index contributed by atoms with van der Waals surface area (Å²) in [5, 5.41) is 1.05. The van der Waals surface area contributed by atoms with E-state index < -0.39 is 11.2 Å². The number of imidazole rings is 1. The number of hydrogen-bond donors (Lipinski definition) is 1. The number of nitrogens with one attached hydrogen (secondary N) is 1. The van der Waals surface area contributed by atoms with E-state index in [0.717, 1.165) is 35.4 Å². The first-order valence-corrected chi connectivity index (χ1v) is 9.80. The van der Waals surface area contributed by atoms with Crippen LogP contribution in [0.1, 0.15) is 31.5 Å². The maximum atomic E-state index is 12.8. The molecular weight excluding hydrogens is 358 g/mol. The standard InChI is InChI=1S/C18H18ClN3O2S/c1-18(2)7-5-12-15(20-8-6-16(12)24-18)10-25(23)17-21-13-4-3-11(19)9-14(13)22-17/h3-4,6,8-9H,5,7,10H2,1-2H3,(H,21,22). The SMILES string of the molecule is CC1(C)CCc2c(ccnc2C[S+]([O-])c2nc3cc(Cl)ccc3[nH]2)O1. The van der Waals surface area contributed by atoms with E-state index in [0.29, 0.717) is 21.4 Å². The second-order valence-corrected chi connectivity index (χ2v) is 8.59. The van der Waals surface area contributed by atoms with E-state index in [1.54, 1.807) is 18.3 Å². The lowest BCUT2D eigenvalue weighted by Crippen LogP contribution is -2.33. The Kier molecular flexibility index (Phi) is 4.14. The number of hydrogen-bond acceptors (Lipinski definition) is 4. The molecule has 25 heavy (non-hydrogen) atoms. The normalized spacial score (nSPS) is 17.1. The topological polar surface area (TPSA) is 73.9 Å². The van der Waals surface area contributed by atoms with Crippen molar-refractivity contribution in [1.29, 1.82) is 0 Å². The lowest BCUT2D eigenvalue weighted by molar-refractivity contribution is 0.0841. The van der Waals surface area contributed by atoms with E-state index in [4.69, 9.17) is 16.3 Å². The largest absolute Gasteiger partial charge is 0.609 e. The molecule has 1 aliphatic heterocycles. The van der Waals surface area contributed by atoms with Crippen molar-refractivity contribution in [1.82, 2.24) is 15.0 Å². The molecule has 0 saturated carbocycles. The fourth-order valence-electron chi connectivity index (χ4n) is 3.03. The average Bonchev–Trinajstić information content (AvgIpc) is 2.97. The molecule has 5 nitrogen and oxygen atoms in total. The van der Waals surface area contributed by atoms with Gasteiger partial charge in [-0.15, -0.1) is 0 Å². The lowest BCUT2D eigenvalue weighted by atomic mass is 9.94. The maximum Gasteiger partial charge on any atom is 0.322 e. The van der Waals surface area contributed by atoms with Crippen molar-refractivity contribution < 1.29 is 9.29 Å². The van der Waals surface area contributed by atoms with E-state index in [2.05, 4.69) is 28.8 Å². The van der Waals surface area contributed by atoms with E-state index in [1.807, 2.05) is 12.1 Å². The average molecular weight is 376 g/mol. The number of benzene rings is 1. The Morgan fingerprint density at radius 3 is 3.04 bits per heavy atom. The first kappa shape index (κ1) is 16.7. The molecule has 4 rings (SSSR count). The Morgan fingerprint density at radius 2 is 2.20 bits per heavy atom. The summed E-state index contributed by atoms with van der Waals surface area (Å²) in [6.07, 6.45) is 3.50. The van der Waals surface area contributed by atoms with Crippen molar-refractivity contribution in [3.63, 3.8) is 0 Å². The third-order valence-corrected chi connectivity index (χ3v) is 5.77. The summed E-state index contributed by atoms with van der Waals surface area (Å²) in [5.74, 6) is 1.15. The van der Waals surface area contributed by atoms with Crippen LogP contribution in [-0.4, -0.2) is 25.1 Å². The van der Waals surface area contributed by atoms with Gasteiger partial charge in [0, 0.05) is 28.0 Å². The number of pyridine rings is 1. The van der Waals surface area contributed by atoms with Gasteiger partial charge in [-0.1, -0.05) is 11.6 Å². The third kappa shape index (κ3) is 3.34. The molecular formula is C18H18ClN3O2S. The van der Waals surface area contributed by atoms with E-state index in [9.17, 15) is 4.55 Å². The fraction of sp³-hybridized carbons (Fsp3) is 0.333. The molecule has 7 heteroatoms. The van der Waals surface area contributed by atoms with Crippen LogP contribution in [0.4, 0.5) is 0 Å². The lowest BCUT2D eigenvalue weighted by Gasteiger charge is -2.33. The molecule has 0 saturated heterocycles. The summed E-state index contributed by atoms with van der Waals surface area (Å²) >= 11 is 4.67. The molecule has 1 aromatic carbocycles. The zero-order valence-corrected chi connectivity index (χ0v) is 15.6. The Morgan fingerprint density at radius 1 is 1.36 bits per heavy atom. The summed E-state index contributed by atoms with van der Waals surface area (Å²) in [6.45, 7) is 4.15. The van der Waals surface area contributed by atoms with E-state index >= 15 is 0 Å². The van der Waals surface area contributed by atoms with Crippen LogP contribution in [0.2, 0.25) is 5.02 Å². The van der Waals surface area contributed by atoms with Crippen LogP contribution >= 0.6 is 11.6 Å². The molecule has 0 aliphatic carbocycles. The molecule has 0 spiro atoms. The van der Waals surface area contributed by atoms with Crippen LogP contribution in [0.5, 0.6) is 5.75 Å². The van der Waals surface area contributed by atoms with Gasteiger partial charge < -0.3 is 9.29 Å². The molecule has 0 amide bonds. The summed E-state index contributed by atoms with van der Waals surface area (Å²) < 4.78 is 18.8. The number of aromatic amines is 1. The minimum atomic E-state index is -1.32. The molecule has 2 aromatic heterocycles. The second-order valence-electron chi connectivity index (χ2n) is 6.79. The van der Waals surface area contributed by atoms with E-state index in [-0.39, 0.29) is 5.60 Å². The van der Waals surface area contributed by atoms with Crippen LogP contribution in [0, 0.1) is 0 Å². The Hall–Kier alpha value is -1.76. The molecule has 1 unspecified atom stereocenters. The second kappa shape index (κ2) is 6.20. The quantitative estimate of drug-likeness (QED) is 0.701. The smallest absolute Gasteiger partial charge is 0.322 e. The number of ether oxygens (including phenoxy) is 1. The van der Waals surface area contributed by atoms with Gasteiger partial charge >= 0.3 is 5.16 Å². The van der Waals surface area contributed by atoms with Crippen LogP contribution in [0.3, 0.4) is 0 Å². The molecule has 1 N–H and O–H groups in total. The predicted octanol–water partition coefficient (Wildman–Crippen LogP) is 4.02. The predicted molar refractivity (Wildman–Crippen MR) is 98.5 cm³/mol. The highest BCUT2D eigenvalue weighted by Crippen LogP contribution is 2.35. The number of nitrogens with zero attached hydrogens (tertiary/aromatic N) is 2. The molecule has 130 valence electrons. The van der Waals surface area contributed by atoms with Crippen LogP contribution < -0.4 is 4.74 Å². The van der Waals surface area contributed by atoms with Crippen LogP contribution in [0.15, 0.2) is 35.6 Å². The van der Waals surface area contributed by atoms with Crippen molar-refractivity contribution in [2.24, 2.45) is 0 Å². The van der Waals surface area contributed by atoms with Gasteiger partial charge in [0.1, 0.15) is 11.4 Å². The highest BCUT2D eigenvalue weighted by molar-refractivity contribution is 7.90. The molecule has 3 aromatic rings. The number of fused-ring (bicyclic) bond motifs is 2. The number of H-pyrrole nitrogens is 1. The Labute approximate surface area is 154 Å². The summed E-state index contributed by atoms with van der Waals surface area (Å²) in [7, 11) is 0. The highest BCUT2D eigenvalue weighted by Gasteiger charge is 2.30. The maximum absolute atomic E-state index is 12.8. The van der Waals surface area contributed by atoms with Crippen LogP contribution in [0.25, 0.3) is 11.0 Å². The van der Waals surface area contributed by atoms with Gasteiger partial charge in [0.15, 0.2) is 5.75 Å². The summed E-state index contributed by atoms with van der Waals surface area (Å²) in [4.78, 5) is 12.0. The first-order chi connectivity index (χ1) is 11.9. The van der Waals surface area contributed by atoms with Gasteiger partial charge in [-0.25, -0.2) is 0 Å². The van der Waals surface area contributed by atoms with Crippen molar-refractivity contribution in [2.75, 3.05) is 0 Å². The number of halogens is 1. The molecule has 0 fully saturated rings.